The molecule has 0 bridgehead atoms. The second-order valence-electron chi connectivity index (χ2n) is 6.29. The van der Waals surface area contributed by atoms with Gasteiger partial charge in [-0.3, -0.25) is 0 Å². The first-order chi connectivity index (χ1) is 13.3. The molecule has 0 saturated heterocycles. The topological polar surface area (TPSA) is 51.0 Å². The zero-order valence-corrected chi connectivity index (χ0v) is 14.3. The van der Waals surface area contributed by atoms with Gasteiger partial charge in [-0.05, 0) is 11.1 Å². The molecular formula is C23H14N2O2. The SMILES string of the molecule is O=C1OC(c2ccccc2)=CC1=NN=C1c2ccccc2-c2ccccc21. The van der Waals surface area contributed by atoms with Gasteiger partial charge in [0.1, 0.15) is 11.5 Å². The molecule has 0 radical (unpaired) electrons. The van der Waals surface area contributed by atoms with E-state index in [-0.39, 0.29) is 5.71 Å². The average Bonchev–Trinajstić information content (AvgIpc) is 3.25. The molecule has 1 aliphatic heterocycles. The van der Waals surface area contributed by atoms with Crippen LogP contribution in [0.1, 0.15) is 16.7 Å². The third-order valence-electron chi connectivity index (χ3n) is 4.65. The van der Waals surface area contributed by atoms with Gasteiger partial charge in [0.2, 0.25) is 0 Å². The summed E-state index contributed by atoms with van der Waals surface area (Å²) >= 11 is 0. The molecule has 4 nitrogen and oxygen atoms in total. The Kier molecular flexibility index (Phi) is 3.54. The summed E-state index contributed by atoms with van der Waals surface area (Å²) in [6.45, 7) is 0. The van der Waals surface area contributed by atoms with Crippen LogP contribution >= 0.6 is 0 Å². The van der Waals surface area contributed by atoms with E-state index < -0.39 is 5.97 Å². The normalized spacial score (nSPS) is 16.0. The lowest BCUT2D eigenvalue weighted by Gasteiger charge is -1.99. The summed E-state index contributed by atoms with van der Waals surface area (Å²) in [5.41, 5.74) is 6.08. The molecule has 128 valence electrons. The summed E-state index contributed by atoms with van der Waals surface area (Å²) in [5, 5.41) is 8.64. The summed E-state index contributed by atoms with van der Waals surface area (Å²) in [4.78, 5) is 12.2. The van der Waals surface area contributed by atoms with Gasteiger partial charge in [0.15, 0.2) is 5.71 Å². The fourth-order valence-electron chi connectivity index (χ4n) is 3.38. The van der Waals surface area contributed by atoms with Gasteiger partial charge in [0, 0.05) is 22.8 Å². The standard InChI is InChI=1S/C23H14N2O2/c26-23-20(14-21(27-23)15-8-2-1-3-9-15)24-25-22-18-12-6-4-10-16(18)17-11-5-7-13-19(17)22/h1-14H. The number of cyclic esters (lactones) is 1. The molecule has 27 heavy (non-hydrogen) atoms. The summed E-state index contributed by atoms with van der Waals surface area (Å²) in [7, 11) is 0. The minimum Gasteiger partial charge on any atom is -0.421 e. The largest absolute Gasteiger partial charge is 0.421 e. The molecule has 0 fully saturated rings. The monoisotopic (exact) mass is 350 g/mol. The van der Waals surface area contributed by atoms with Crippen molar-refractivity contribution in [2.75, 3.05) is 0 Å². The molecule has 2 aliphatic rings. The van der Waals surface area contributed by atoms with Gasteiger partial charge >= 0.3 is 5.97 Å². The maximum atomic E-state index is 12.2. The molecule has 0 atom stereocenters. The quantitative estimate of drug-likeness (QED) is 0.396. The van der Waals surface area contributed by atoms with Crippen molar-refractivity contribution < 1.29 is 9.53 Å². The first-order valence-corrected chi connectivity index (χ1v) is 8.65. The highest BCUT2D eigenvalue weighted by molar-refractivity contribution is 6.45. The Morgan fingerprint density at radius 2 is 1.19 bits per heavy atom. The molecule has 4 heteroatoms. The van der Waals surface area contributed by atoms with Crippen LogP contribution in [0.25, 0.3) is 16.9 Å². The first-order valence-electron chi connectivity index (χ1n) is 8.65. The van der Waals surface area contributed by atoms with Crippen LogP contribution in [-0.4, -0.2) is 17.4 Å². The number of fused-ring (bicyclic) bond motifs is 3. The fraction of sp³-hybridized carbons (Fsp3) is 0. The van der Waals surface area contributed by atoms with Crippen molar-refractivity contribution in [3.8, 4) is 11.1 Å². The number of hydrogen-bond donors (Lipinski definition) is 0. The van der Waals surface area contributed by atoms with E-state index in [1.807, 2.05) is 66.7 Å². The predicted octanol–water partition coefficient (Wildman–Crippen LogP) is 4.46. The van der Waals surface area contributed by atoms with Gasteiger partial charge < -0.3 is 4.74 Å². The number of nitrogens with zero attached hydrogens (tertiary/aromatic N) is 2. The number of ether oxygens (including phenoxy) is 1. The van der Waals surface area contributed by atoms with Crippen molar-refractivity contribution in [3.05, 3.63) is 102 Å². The molecule has 0 aromatic heterocycles. The zero-order chi connectivity index (χ0) is 18.2. The Hall–Kier alpha value is -3.79. The molecule has 3 aromatic carbocycles. The number of carbonyl (C=O) groups is 1. The van der Waals surface area contributed by atoms with Crippen molar-refractivity contribution in [1.82, 2.24) is 0 Å². The van der Waals surface area contributed by atoms with Gasteiger partial charge in [0.25, 0.3) is 0 Å². The highest BCUT2D eigenvalue weighted by atomic mass is 16.5. The Bertz CT molecular complexity index is 1110. The van der Waals surface area contributed by atoms with Crippen molar-refractivity contribution in [1.29, 1.82) is 0 Å². The third kappa shape index (κ3) is 2.59. The van der Waals surface area contributed by atoms with E-state index in [1.165, 1.54) is 0 Å². The van der Waals surface area contributed by atoms with E-state index in [9.17, 15) is 4.79 Å². The van der Waals surface area contributed by atoms with Crippen molar-refractivity contribution in [2.45, 2.75) is 0 Å². The summed E-state index contributed by atoms with van der Waals surface area (Å²) in [5.74, 6) is 0.00421. The van der Waals surface area contributed by atoms with Crippen LogP contribution in [0.2, 0.25) is 0 Å². The van der Waals surface area contributed by atoms with Crippen LogP contribution in [0.4, 0.5) is 0 Å². The Balaban J connectivity index is 1.58. The van der Waals surface area contributed by atoms with Crippen molar-refractivity contribution in [3.63, 3.8) is 0 Å². The molecular weight excluding hydrogens is 336 g/mol. The number of hydrogen-bond acceptors (Lipinski definition) is 4. The van der Waals surface area contributed by atoms with E-state index in [1.54, 1.807) is 6.08 Å². The van der Waals surface area contributed by atoms with E-state index in [2.05, 4.69) is 22.3 Å². The van der Waals surface area contributed by atoms with Gasteiger partial charge in [-0.1, -0.05) is 78.9 Å². The van der Waals surface area contributed by atoms with Crippen LogP contribution in [0, 0.1) is 0 Å². The summed E-state index contributed by atoms with van der Waals surface area (Å²) < 4.78 is 5.34. The third-order valence-corrected chi connectivity index (χ3v) is 4.65. The minimum atomic E-state index is -0.488. The first kappa shape index (κ1) is 15.5. The van der Waals surface area contributed by atoms with Crippen LogP contribution in [0.3, 0.4) is 0 Å². The van der Waals surface area contributed by atoms with E-state index in [4.69, 9.17) is 4.74 Å². The lowest BCUT2D eigenvalue weighted by Crippen LogP contribution is -2.07. The Labute approximate surface area is 156 Å². The van der Waals surface area contributed by atoms with E-state index in [0.717, 1.165) is 33.5 Å². The zero-order valence-electron chi connectivity index (χ0n) is 14.3. The number of benzene rings is 3. The van der Waals surface area contributed by atoms with Gasteiger partial charge in [-0.2, -0.15) is 0 Å². The molecule has 0 saturated carbocycles. The molecule has 0 N–H and O–H groups in total. The molecule has 5 rings (SSSR count). The second kappa shape index (κ2) is 6.18. The minimum absolute atomic E-state index is 0.197. The van der Waals surface area contributed by atoms with Crippen LogP contribution < -0.4 is 0 Å². The van der Waals surface area contributed by atoms with E-state index in [0.29, 0.717) is 5.76 Å². The smallest absolute Gasteiger partial charge is 0.364 e. The second-order valence-corrected chi connectivity index (χ2v) is 6.29. The lowest BCUT2D eigenvalue weighted by atomic mass is 10.1. The number of rotatable bonds is 2. The van der Waals surface area contributed by atoms with Crippen LogP contribution in [0.15, 0.2) is 95.1 Å². The fourth-order valence-corrected chi connectivity index (χ4v) is 3.38. The molecule has 0 amide bonds. The average molecular weight is 350 g/mol. The number of carbonyl (C=O) groups excluding carboxylic acids is 1. The lowest BCUT2D eigenvalue weighted by molar-refractivity contribution is -0.128. The van der Waals surface area contributed by atoms with Gasteiger partial charge in [-0.25, -0.2) is 4.79 Å². The van der Waals surface area contributed by atoms with Crippen LogP contribution in [-0.2, 0) is 9.53 Å². The highest BCUT2D eigenvalue weighted by Gasteiger charge is 2.26. The molecule has 0 spiro atoms. The van der Waals surface area contributed by atoms with Gasteiger partial charge in [-0.15, -0.1) is 10.2 Å². The van der Waals surface area contributed by atoms with Gasteiger partial charge in [0.05, 0.1) is 0 Å². The maximum absolute atomic E-state index is 12.2. The van der Waals surface area contributed by atoms with Crippen molar-refractivity contribution in [2.24, 2.45) is 10.2 Å². The van der Waals surface area contributed by atoms with Crippen LogP contribution in [0.5, 0.6) is 0 Å². The van der Waals surface area contributed by atoms with E-state index >= 15 is 0 Å². The molecule has 1 heterocycles. The molecule has 0 unspecified atom stereocenters. The molecule has 3 aromatic rings. The Morgan fingerprint density at radius 1 is 0.630 bits per heavy atom. The maximum Gasteiger partial charge on any atom is 0.364 e. The molecule has 1 aliphatic carbocycles. The number of esters is 1. The highest BCUT2D eigenvalue weighted by Crippen LogP contribution is 2.36. The summed E-state index contributed by atoms with van der Waals surface area (Å²) in [6, 6.07) is 25.6. The predicted molar refractivity (Wildman–Crippen MR) is 105 cm³/mol. The van der Waals surface area contributed by atoms with Crippen molar-refractivity contribution >= 4 is 23.2 Å². The summed E-state index contributed by atoms with van der Waals surface area (Å²) in [6.07, 6.45) is 1.63. The Morgan fingerprint density at radius 3 is 1.81 bits per heavy atom.